The minimum Gasteiger partial charge on any atom is -0.487 e. The van der Waals surface area contributed by atoms with E-state index >= 15 is 0 Å². The van der Waals surface area contributed by atoms with E-state index in [2.05, 4.69) is 27.8 Å². The summed E-state index contributed by atoms with van der Waals surface area (Å²) >= 11 is 1.46. The molecular weight excluding hydrogens is 376 g/mol. The van der Waals surface area contributed by atoms with E-state index < -0.39 is 11.4 Å². The zero-order valence-corrected chi connectivity index (χ0v) is 16.1. The van der Waals surface area contributed by atoms with Crippen molar-refractivity contribution >= 4 is 29.4 Å². The largest absolute Gasteiger partial charge is 0.487 e. The number of aromatic nitrogens is 1. The van der Waals surface area contributed by atoms with Crippen molar-refractivity contribution in [3.63, 3.8) is 0 Å². The molecule has 7 nitrogen and oxygen atoms in total. The molecule has 8 heteroatoms. The van der Waals surface area contributed by atoms with Gasteiger partial charge in [-0.15, -0.1) is 0 Å². The molecule has 28 heavy (non-hydrogen) atoms. The highest BCUT2D eigenvalue weighted by Crippen LogP contribution is 2.30. The molecule has 1 aromatic carbocycles. The monoisotopic (exact) mass is 396 g/mol. The normalized spacial score (nSPS) is 21.1. The predicted octanol–water partition coefficient (Wildman–Crippen LogP) is 1.67. The molecule has 2 aromatic rings. The van der Waals surface area contributed by atoms with Gasteiger partial charge in [-0.25, -0.2) is 4.98 Å². The SMILES string of the molecule is CN1C(=O)C(NC(=O)C2NC=C(Cc3ccccc3)S2)COc2cccnc21. The van der Waals surface area contributed by atoms with Crippen LogP contribution in [0.1, 0.15) is 5.56 Å². The van der Waals surface area contributed by atoms with Gasteiger partial charge >= 0.3 is 0 Å². The molecule has 0 aliphatic carbocycles. The van der Waals surface area contributed by atoms with Gasteiger partial charge in [0, 0.05) is 30.8 Å². The molecule has 0 saturated carbocycles. The smallest absolute Gasteiger partial charge is 0.254 e. The number of hydrogen-bond donors (Lipinski definition) is 2. The fraction of sp³-hybridized carbons (Fsp3) is 0.250. The highest BCUT2D eigenvalue weighted by atomic mass is 32.2. The number of nitrogens with one attached hydrogen (secondary N) is 2. The molecule has 0 spiro atoms. The fourth-order valence-corrected chi connectivity index (χ4v) is 4.09. The Hall–Kier alpha value is -3.00. The number of rotatable bonds is 4. The number of pyridine rings is 1. The van der Waals surface area contributed by atoms with Gasteiger partial charge in [-0.3, -0.25) is 14.5 Å². The number of ether oxygens (including phenoxy) is 1. The van der Waals surface area contributed by atoms with Crippen LogP contribution in [0.25, 0.3) is 0 Å². The van der Waals surface area contributed by atoms with Crippen LogP contribution in [-0.4, -0.2) is 41.9 Å². The molecule has 144 valence electrons. The van der Waals surface area contributed by atoms with E-state index in [1.54, 1.807) is 25.4 Å². The maximum absolute atomic E-state index is 12.7. The lowest BCUT2D eigenvalue weighted by molar-refractivity contribution is -0.127. The Morgan fingerprint density at radius 3 is 2.96 bits per heavy atom. The number of anilines is 1. The number of benzene rings is 1. The fourth-order valence-electron chi connectivity index (χ4n) is 3.09. The topological polar surface area (TPSA) is 83.6 Å². The van der Waals surface area contributed by atoms with Crippen LogP contribution in [0, 0.1) is 0 Å². The minimum absolute atomic E-state index is 0.0648. The zero-order valence-electron chi connectivity index (χ0n) is 15.3. The average molecular weight is 396 g/mol. The first-order chi connectivity index (χ1) is 13.6. The number of allylic oxidation sites excluding steroid dienone is 1. The summed E-state index contributed by atoms with van der Waals surface area (Å²) in [6.45, 7) is 0.0648. The van der Waals surface area contributed by atoms with E-state index in [0.29, 0.717) is 11.6 Å². The van der Waals surface area contributed by atoms with E-state index in [0.717, 1.165) is 11.3 Å². The summed E-state index contributed by atoms with van der Waals surface area (Å²) in [6.07, 6.45) is 4.22. The van der Waals surface area contributed by atoms with E-state index in [1.165, 1.54) is 22.2 Å². The van der Waals surface area contributed by atoms with Gasteiger partial charge in [-0.05, 0) is 17.7 Å². The summed E-state index contributed by atoms with van der Waals surface area (Å²) in [5.41, 5.74) is 1.18. The molecule has 2 aliphatic rings. The van der Waals surface area contributed by atoms with Gasteiger partial charge in [0.1, 0.15) is 12.6 Å². The average Bonchev–Trinajstić information content (AvgIpc) is 3.15. The van der Waals surface area contributed by atoms with Crippen molar-refractivity contribution in [3.05, 3.63) is 65.3 Å². The van der Waals surface area contributed by atoms with Gasteiger partial charge in [0.15, 0.2) is 16.9 Å². The molecule has 4 rings (SSSR count). The van der Waals surface area contributed by atoms with Crippen LogP contribution in [0.3, 0.4) is 0 Å². The highest BCUT2D eigenvalue weighted by Gasteiger charge is 2.34. The maximum Gasteiger partial charge on any atom is 0.254 e. The minimum atomic E-state index is -0.771. The number of amides is 2. The van der Waals surface area contributed by atoms with Crippen molar-refractivity contribution in [2.24, 2.45) is 0 Å². The van der Waals surface area contributed by atoms with Gasteiger partial charge in [-0.1, -0.05) is 42.1 Å². The van der Waals surface area contributed by atoms with E-state index in [-0.39, 0.29) is 18.4 Å². The Bertz CT molecular complexity index is 919. The third-order valence-corrected chi connectivity index (χ3v) is 5.69. The van der Waals surface area contributed by atoms with Crippen molar-refractivity contribution in [1.29, 1.82) is 0 Å². The Labute approximate surface area is 167 Å². The molecule has 3 heterocycles. The number of carbonyl (C=O) groups excluding carboxylic acids is 2. The van der Waals surface area contributed by atoms with E-state index in [1.807, 2.05) is 24.4 Å². The van der Waals surface area contributed by atoms with Crippen LogP contribution in [0.2, 0.25) is 0 Å². The first-order valence-electron chi connectivity index (χ1n) is 8.93. The van der Waals surface area contributed by atoms with Gasteiger partial charge in [0.05, 0.1) is 0 Å². The van der Waals surface area contributed by atoms with Crippen LogP contribution in [0.15, 0.2) is 59.8 Å². The van der Waals surface area contributed by atoms with Crippen molar-refractivity contribution in [1.82, 2.24) is 15.6 Å². The molecule has 2 amide bonds. The van der Waals surface area contributed by atoms with Gasteiger partial charge in [0.2, 0.25) is 0 Å². The summed E-state index contributed by atoms with van der Waals surface area (Å²) < 4.78 is 5.69. The summed E-state index contributed by atoms with van der Waals surface area (Å²) in [5.74, 6) is 0.463. The quantitative estimate of drug-likeness (QED) is 0.818. The molecule has 2 N–H and O–H groups in total. The van der Waals surface area contributed by atoms with Crippen molar-refractivity contribution in [2.75, 3.05) is 18.6 Å². The maximum atomic E-state index is 12.7. The standard InChI is InChI=1S/C20H20N4O3S/c1-24-17-16(8-5-9-21-17)27-12-15(20(24)26)23-18(25)19-22-11-14(28-19)10-13-6-3-2-4-7-13/h2-9,11,15,19,22H,10,12H2,1H3,(H,23,25). The highest BCUT2D eigenvalue weighted by molar-refractivity contribution is 8.04. The third kappa shape index (κ3) is 3.82. The molecule has 0 fully saturated rings. The second kappa shape index (κ2) is 7.93. The zero-order chi connectivity index (χ0) is 19.5. The van der Waals surface area contributed by atoms with Crippen LogP contribution >= 0.6 is 11.8 Å². The summed E-state index contributed by atoms with van der Waals surface area (Å²) in [5, 5.41) is 5.41. The summed E-state index contributed by atoms with van der Waals surface area (Å²) in [7, 11) is 1.63. The molecule has 2 unspecified atom stereocenters. The number of carbonyl (C=O) groups is 2. The molecule has 2 aliphatic heterocycles. The Balaban J connectivity index is 1.36. The van der Waals surface area contributed by atoms with Crippen LogP contribution in [-0.2, 0) is 16.0 Å². The lowest BCUT2D eigenvalue weighted by Gasteiger charge is -2.21. The number of nitrogens with zero attached hydrogens (tertiary/aromatic N) is 2. The lowest BCUT2D eigenvalue weighted by Crippen LogP contribution is -2.52. The van der Waals surface area contributed by atoms with Crippen molar-refractivity contribution < 1.29 is 14.3 Å². The van der Waals surface area contributed by atoms with Crippen molar-refractivity contribution in [3.8, 4) is 5.75 Å². The molecule has 2 atom stereocenters. The van der Waals surface area contributed by atoms with E-state index in [9.17, 15) is 9.59 Å². The van der Waals surface area contributed by atoms with Crippen LogP contribution < -0.4 is 20.3 Å². The lowest BCUT2D eigenvalue weighted by atomic mass is 10.1. The molecule has 0 radical (unpaired) electrons. The number of fused-ring (bicyclic) bond motifs is 1. The summed E-state index contributed by atoms with van der Waals surface area (Å²) in [6, 6.07) is 12.8. The summed E-state index contributed by atoms with van der Waals surface area (Å²) in [4.78, 5) is 32.1. The second-order valence-corrected chi connectivity index (χ2v) is 7.76. The van der Waals surface area contributed by atoms with E-state index in [4.69, 9.17) is 4.74 Å². The van der Waals surface area contributed by atoms with Crippen molar-refractivity contribution in [2.45, 2.75) is 17.8 Å². The molecule has 0 saturated heterocycles. The number of hydrogen-bond acceptors (Lipinski definition) is 6. The van der Waals surface area contributed by atoms with Crippen LogP contribution in [0.5, 0.6) is 5.75 Å². The number of likely N-dealkylation sites (N-methyl/N-ethyl adjacent to an activating group) is 1. The van der Waals surface area contributed by atoms with Gasteiger partial charge in [0.25, 0.3) is 11.8 Å². The second-order valence-electron chi connectivity index (χ2n) is 6.53. The number of thioether (sulfide) groups is 1. The van der Waals surface area contributed by atoms with Gasteiger partial charge in [-0.2, -0.15) is 0 Å². The first-order valence-corrected chi connectivity index (χ1v) is 9.81. The Morgan fingerprint density at radius 1 is 1.32 bits per heavy atom. The molecule has 1 aromatic heterocycles. The Kier molecular flexibility index (Phi) is 5.21. The molecule has 0 bridgehead atoms. The third-order valence-electron chi connectivity index (χ3n) is 4.54. The first kappa shape index (κ1) is 18.4. The predicted molar refractivity (Wildman–Crippen MR) is 108 cm³/mol. The Morgan fingerprint density at radius 2 is 2.14 bits per heavy atom. The molecular formula is C20H20N4O3S. The van der Waals surface area contributed by atoms with Crippen LogP contribution in [0.4, 0.5) is 5.82 Å². The van der Waals surface area contributed by atoms with Gasteiger partial charge < -0.3 is 15.4 Å².